The number of hydrogen-bond acceptors (Lipinski definition) is 3. The van der Waals surface area contributed by atoms with E-state index in [9.17, 15) is 9.90 Å². The van der Waals surface area contributed by atoms with Crippen LogP contribution < -0.4 is 10.6 Å². The van der Waals surface area contributed by atoms with E-state index in [1.807, 2.05) is 42.1 Å². The molecule has 0 aliphatic carbocycles. The predicted octanol–water partition coefficient (Wildman–Crippen LogP) is 2.17. The van der Waals surface area contributed by atoms with E-state index in [-0.39, 0.29) is 23.4 Å². The van der Waals surface area contributed by atoms with Gasteiger partial charge < -0.3 is 15.7 Å². The number of thioether (sulfide) groups is 1. The van der Waals surface area contributed by atoms with Gasteiger partial charge in [-0.25, -0.2) is 4.79 Å². The molecule has 1 fully saturated rings. The maximum Gasteiger partial charge on any atom is 0.315 e. The summed E-state index contributed by atoms with van der Waals surface area (Å²) in [5.41, 5.74) is 1.11. The first kappa shape index (κ1) is 16.2. The van der Waals surface area contributed by atoms with E-state index in [1.165, 1.54) is 12.2 Å². The number of aliphatic hydroxyl groups is 1. The highest BCUT2D eigenvalue weighted by molar-refractivity contribution is 8.00. The third kappa shape index (κ3) is 5.25. The van der Waals surface area contributed by atoms with E-state index in [4.69, 9.17) is 0 Å². The van der Waals surface area contributed by atoms with E-state index in [0.29, 0.717) is 13.0 Å². The van der Waals surface area contributed by atoms with Crippen LogP contribution >= 0.6 is 11.8 Å². The lowest BCUT2D eigenvalue weighted by atomic mass is 10.1. The van der Waals surface area contributed by atoms with Crippen molar-refractivity contribution in [1.29, 1.82) is 0 Å². The molecule has 0 radical (unpaired) electrons. The minimum Gasteiger partial charge on any atom is -0.394 e. The lowest BCUT2D eigenvalue weighted by Crippen LogP contribution is -2.48. The molecule has 2 atom stereocenters. The van der Waals surface area contributed by atoms with Crippen molar-refractivity contribution in [3.8, 4) is 0 Å². The summed E-state index contributed by atoms with van der Waals surface area (Å²) < 4.78 is 0.158. The zero-order valence-corrected chi connectivity index (χ0v) is 13.3. The number of aliphatic hydroxyl groups excluding tert-OH is 1. The number of hydrogen-bond donors (Lipinski definition) is 3. The molecule has 5 heteroatoms. The second-order valence-electron chi connectivity index (χ2n) is 5.80. The van der Waals surface area contributed by atoms with Gasteiger partial charge in [-0.1, -0.05) is 30.3 Å². The minimum absolute atomic E-state index is 0.0612. The molecule has 2 unspecified atom stereocenters. The Balaban J connectivity index is 1.77. The summed E-state index contributed by atoms with van der Waals surface area (Å²) in [6.07, 6.45) is 3.00. The monoisotopic (exact) mass is 308 g/mol. The molecular formula is C16H24N2O2S. The van der Waals surface area contributed by atoms with Gasteiger partial charge in [-0.2, -0.15) is 11.8 Å². The average molecular weight is 308 g/mol. The van der Waals surface area contributed by atoms with Gasteiger partial charge in [0.15, 0.2) is 0 Å². The van der Waals surface area contributed by atoms with Gasteiger partial charge in [-0.05, 0) is 37.5 Å². The Hall–Kier alpha value is -1.20. The Morgan fingerprint density at radius 1 is 1.43 bits per heavy atom. The Morgan fingerprint density at radius 3 is 2.81 bits per heavy atom. The van der Waals surface area contributed by atoms with Gasteiger partial charge in [0.25, 0.3) is 0 Å². The first-order chi connectivity index (χ1) is 10.1. The van der Waals surface area contributed by atoms with E-state index < -0.39 is 0 Å². The molecule has 1 heterocycles. The van der Waals surface area contributed by atoms with Crippen LogP contribution in [0.15, 0.2) is 30.3 Å². The Bertz CT molecular complexity index is 447. The number of amides is 2. The first-order valence-corrected chi connectivity index (χ1v) is 8.43. The molecule has 116 valence electrons. The van der Waals surface area contributed by atoms with Crippen LogP contribution in [0.25, 0.3) is 0 Å². The lowest BCUT2D eigenvalue weighted by Gasteiger charge is -2.24. The van der Waals surface area contributed by atoms with Crippen molar-refractivity contribution in [2.45, 2.75) is 37.0 Å². The first-order valence-electron chi connectivity index (χ1n) is 7.44. The summed E-state index contributed by atoms with van der Waals surface area (Å²) in [6.45, 7) is 2.81. The lowest BCUT2D eigenvalue weighted by molar-refractivity contribution is 0.215. The molecule has 1 aromatic rings. The van der Waals surface area contributed by atoms with Gasteiger partial charge >= 0.3 is 6.03 Å². The third-order valence-electron chi connectivity index (χ3n) is 3.80. The van der Waals surface area contributed by atoms with Crippen molar-refractivity contribution in [1.82, 2.24) is 10.6 Å². The molecule has 21 heavy (non-hydrogen) atoms. The standard InChI is InChI=1S/C16H24N2O2S/c1-16(8-5-9-21-16)12-17-15(20)18-14(11-19)10-13-6-3-2-4-7-13/h2-4,6-7,14,19H,5,8-12H2,1H3,(H2,17,18,20). The maximum atomic E-state index is 12.0. The van der Waals surface area contributed by atoms with Crippen molar-refractivity contribution >= 4 is 17.8 Å². The highest BCUT2D eigenvalue weighted by atomic mass is 32.2. The molecule has 0 aromatic heterocycles. The van der Waals surface area contributed by atoms with Gasteiger partial charge in [0, 0.05) is 11.3 Å². The van der Waals surface area contributed by atoms with Crippen LogP contribution in [-0.2, 0) is 6.42 Å². The summed E-state index contributed by atoms with van der Waals surface area (Å²) in [5.74, 6) is 1.17. The number of nitrogens with one attached hydrogen (secondary N) is 2. The van der Waals surface area contributed by atoms with Crippen molar-refractivity contribution < 1.29 is 9.90 Å². The molecule has 0 saturated carbocycles. The molecule has 1 saturated heterocycles. The molecule has 1 aromatic carbocycles. The van der Waals surface area contributed by atoms with E-state index in [0.717, 1.165) is 12.0 Å². The molecule has 2 amide bonds. The number of carbonyl (C=O) groups excluding carboxylic acids is 1. The molecular weight excluding hydrogens is 284 g/mol. The van der Waals surface area contributed by atoms with E-state index in [1.54, 1.807) is 0 Å². The minimum atomic E-state index is -0.253. The van der Waals surface area contributed by atoms with Crippen LogP contribution in [0.3, 0.4) is 0 Å². The SMILES string of the molecule is CC1(CNC(=O)NC(CO)Cc2ccccc2)CCCS1. The van der Waals surface area contributed by atoms with E-state index in [2.05, 4.69) is 17.6 Å². The largest absolute Gasteiger partial charge is 0.394 e. The smallest absolute Gasteiger partial charge is 0.315 e. The second-order valence-corrected chi connectivity index (χ2v) is 7.48. The van der Waals surface area contributed by atoms with Crippen LogP contribution in [0, 0.1) is 0 Å². The zero-order valence-electron chi connectivity index (χ0n) is 12.5. The zero-order chi connectivity index (χ0) is 15.1. The summed E-state index contributed by atoms with van der Waals surface area (Å²) >= 11 is 1.92. The topological polar surface area (TPSA) is 61.4 Å². The normalized spacial score (nSPS) is 22.8. The second kappa shape index (κ2) is 7.71. The van der Waals surface area contributed by atoms with Crippen LogP contribution in [0.2, 0.25) is 0 Å². The summed E-state index contributed by atoms with van der Waals surface area (Å²) in [7, 11) is 0. The molecule has 3 N–H and O–H groups in total. The van der Waals surface area contributed by atoms with Crippen LogP contribution in [-0.4, -0.2) is 40.8 Å². The van der Waals surface area contributed by atoms with Crippen molar-refractivity contribution in [2.75, 3.05) is 18.9 Å². The molecule has 4 nitrogen and oxygen atoms in total. The van der Waals surface area contributed by atoms with Gasteiger partial charge in [-0.15, -0.1) is 0 Å². The van der Waals surface area contributed by atoms with Gasteiger partial charge in [0.1, 0.15) is 0 Å². The quantitative estimate of drug-likeness (QED) is 0.755. The van der Waals surface area contributed by atoms with Crippen molar-refractivity contribution in [3.05, 3.63) is 35.9 Å². The average Bonchev–Trinajstić information content (AvgIpc) is 2.93. The van der Waals surface area contributed by atoms with Crippen LogP contribution in [0.1, 0.15) is 25.3 Å². The van der Waals surface area contributed by atoms with Crippen molar-refractivity contribution in [3.63, 3.8) is 0 Å². The highest BCUT2D eigenvalue weighted by Gasteiger charge is 2.29. The Morgan fingerprint density at radius 2 is 2.19 bits per heavy atom. The fourth-order valence-corrected chi connectivity index (χ4v) is 3.78. The molecule has 0 spiro atoms. The molecule has 0 bridgehead atoms. The number of rotatable bonds is 6. The maximum absolute atomic E-state index is 12.0. The number of benzene rings is 1. The number of carbonyl (C=O) groups is 1. The van der Waals surface area contributed by atoms with Gasteiger partial charge in [0.2, 0.25) is 0 Å². The molecule has 1 aliphatic rings. The summed E-state index contributed by atoms with van der Waals surface area (Å²) in [4.78, 5) is 12.0. The summed E-state index contributed by atoms with van der Waals surface area (Å²) in [5, 5.41) is 15.2. The third-order valence-corrected chi connectivity index (χ3v) is 5.34. The van der Waals surface area contributed by atoms with Crippen LogP contribution in [0.5, 0.6) is 0 Å². The van der Waals surface area contributed by atoms with Gasteiger partial charge in [-0.3, -0.25) is 0 Å². The van der Waals surface area contributed by atoms with Crippen LogP contribution in [0.4, 0.5) is 4.79 Å². The van der Waals surface area contributed by atoms with Crippen molar-refractivity contribution in [2.24, 2.45) is 0 Å². The fourth-order valence-electron chi connectivity index (χ4n) is 2.54. The Labute approximate surface area is 130 Å². The predicted molar refractivity (Wildman–Crippen MR) is 87.7 cm³/mol. The molecule has 2 rings (SSSR count). The molecule has 1 aliphatic heterocycles. The van der Waals surface area contributed by atoms with Gasteiger partial charge in [0.05, 0.1) is 12.6 Å². The van der Waals surface area contributed by atoms with E-state index >= 15 is 0 Å². The number of urea groups is 1. The highest BCUT2D eigenvalue weighted by Crippen LogP contribution is 2.36. The fraction of sp³-hybridized carbons (Fsp3) is 0.562. The Kier molecular flexibility index (Phi) is 5.94. The summed E-state index contributed by atoms with van der Waals surface area (Å²) in [6, 6.07) is 9.42.